The fraction of sp³-hybridized carbons (Fsp3) is 0.0385. The first-order valence-corrected chi connectivity index (χ1v) is 12.1. The zero-order valence-electron chi connectivity index (χ0n) is 16.1. The summed E-state index contributed by atoms with van der Waals surface area (Å²) in [5.74, 6) is -0.803. The van der Waals surface area contributed by atoms with Crippen LogP contribution in [0.4, 0.5) is 0 Å². The van der Waals surface area contributed by atoms with Gasteiger partial charge in [-0.25, -0.2) is 0 Å². The molecule has 4 rings (SSSR count). The van der Waals surface area contributed by atoms with Crippen LogP contribution in [0.1, 0.15) is 0 Å². The first-order chi connectivity index (χ1) is 14.2. The van der Waals surface area contributed by atoms with E-state index < -0.39 is 12.6 Å². The molecule has 2 nitrogen and oxygen atoms in total. The van der Waals surface area contributed by atoms with Gasteiger partial charge in [-0.1, -0.05) is 0 Å². The SMILES string of the molecule is O=C(O)CP(c1ccccc1)(c1ccccc1)(c1ccccc1)c1ccccc1. The number of aliphatic carboxylic acids is 1. The molecule has 0 saturated carbocycles. The van der Waals surface area contributed by atoms with E-state index in [1.165, 1.54) is 0 Å². The Morgan fingerprint density at radius 2 is 0.759 bits per heavy atom. The topological polar surface area (TPSA) is 37.3 Å². The fourth-order valence-electron chi connectivity index (χ4n) is 4.56. The monoisotopic (exact) mass is 398 g/mol. The average molecular weight is 398 g/mol. The van der Waals surface area contributed by atoms with Crippen molar-refractivity contribution in [2.75, 3.05) is 6.16 Å². The summed E-state index contributed by atoms with van der Waals surface area (Å²) in [6.07, 6.45) is 0.0215. The van der Waals surface area contributed by atoms with E-state index in [1.807, 2.05) is 72.8 Å². The van der Waals surface area contributed by atoms with Crippen LogP contribution >= 0.6 is 6.60 Å². The van der Waals surface area contributed by atoms with Gasteiger partial charge < -0.3 is 0 Å². The van der Waals surface area contributed by atoms with Crippen molar-refractivity contribution in [3.63, 3.8) is 0 Å². The molecule has 0 amide bonds. The summed E-state index contributed by atoms with van der Waals surface area (Å²) < 4.78 is 0. The van der Waals surface area contributed by atoms with Crippen molar-refractivity contribution in [1.82, 2.24) is 0 Å². The summed E-state index contributed by atoms with van der Waals surface area (Å²) in [4.78, 5) is 12.5. The maximum absolute atomic E-state index is 12.5. The molecule has 0 heterocycles. The molecule has 144 valence electrons. The van der Waals surface area contributed by atoms with Gasteiger partial charge in [0.15, 0.2) is 0 Å². The van der Waals surface area contributed by atoms with Gasteiger partial charge in [0.1, 0.15) is 0 Å². The molecule has 0 spiro atoms. The summed E-state index contributed by atoms with van der Waals surface area (Å²) in [5.41, 5.74) is 0. The zero-order valence-corrected chi connectivity index (χ0v) is 17.0. The van der Waals surface area contributed by atoms with E-state index in [-0.39, 0.29) is 6.16 Å². The third kappa shape index (κ3) is 2.88. The molecule has 0 radical (unpaired) electrons. The Hall–Kier alpha value is -3.22. The molecule has 29 heavy (non-hydrogen) atoms. The molecule has 4 aromatic carbocycles. The van der Waals surface area contributed by atoms with Crippen LogP contribution < -0.4 is 21.2 Å². The van der Waals surface area contributed by atoms with E-state index in [0.29, 0.717) is 0 Å². The number of hydrogen-bond donors (Lipinski definition) is 1. The molecule has 0 aliphatic carbocycles. The predicted octanol–water partition coefficient (Wildman–Crippen LogP) is 3.93. The fourth-order valence-corrected chi connectivity index (χ4v) is 10.9. The van der Waals surface area contributed by atoms with Crippen LogP contribution in [0.2, 0.25) is 0 Å². The van der Waals surface area contributed by atoms with Crippen molar-refractivity contribution in [2.45, 2.75) is 0 Å². The number of carboxylic acid groups (broad SMARTS) is 1. The van der Waals surface area contributed by atoms with Crippen LogP contribution in [-0.4, -0.2) is 17.2 Å². The minimum absolute atomic E-state index is 0.0215. The molecule has 0 unspecified atom stereocenters. The van der Waals surface area contributed by atoms with Crippen LogP contribution in [0, 0.1) is 0 Å². The van der Waals surface area contributed by atoms with E-state index in [4.69, 9.17) is 0 Å². The summed E-state index contributed by atoms with van der Waals surface area (Å²) in [7, 11) is 0. The molecule has 3 heteroatoms. The van der Waals surface area contributed by atoms with Gasteiger partial charge in [0.2, 0.25) is 0 Å². The molecular formula is C26H23O2P. The van der Waals surface area contributed by atoms with Gasteiger partial charge in [0.25, 0.3) is 0 Å². The summed E-state index contributed by atoms with van der Waals surface area (Å²) in [5, 5.41) is 14.5. The number of benzene rings is 4. The molecule has 0 aromatic heterocycles. The van der Waals surface area contributed by atoms with Crippen molar-refractivity contribution in [3.8, 4) is 0 Å². The van der Waals surface area contributed by atoms with Gasteiger partial charge in [-0.3, -0.25) is 0 Å². The number of carbonyl (C=O) groups is 1. The van der Waals surface area contributed by atoms with E-state index >= 15 is 0 Å². The first kappa shape index (κ1) is 19.1. The third-order valence-corrected chi connectivity index (χ3v) is 12.4. The van der Waals surface area contributed by atoms with Gasteiger partial charge in [-0.15, -0.1) is 0 Å². The second kappa shape index (κ2) is 7.66. The summed E-state index contributed by atoms with van der Waals surface area (Å²) in [6.45, 7) is -3.54. The van der Waals surface area contributed by atoms with Crippen LogP contribution in [0.5, 0.6) is 0 Å². The van der Waals surface area contributed by atoms with Crippen molar-refractivity contribution >= 4 is 33.8 Å². The Kier molecular flexibility index (Phi) is 5.05. The maximum atomic E-state index is 12.5. The van der Waals surface area contributed by atoms with E-state index in [2.05, 4.69) is 48.5 Å². The Morgan fingerprint density at radius 3 is 0.966 bits per heavy atom. The minimum atomic E-state index is -3.54. The summed E-state index contributed by atoms with van der Waals surface area (Å²) in [6, 6.07) is 40.7. The molecular weight excluding hydrogens is 375 g/mol. The van der Waals surface area contributed by atoms with Crippen LogP contribution in [0.3, 0.4) is 0 Å². The Labute approximate surface area is 171 Å². The van der Waals surface area contributed by atoms with E-state index in [0.717, 1.165) is 21.2 Å². The van der Waals surface area contributed by atoms with Crippen molar-refractivity contribution < 1.29 is 9.90 Å². The van der Waals surface area contributed by atoms with Gasteiger partial charge >= 0.3 is 171 Å². The Bertz CT molecular complexity index is 925. The van der Waals surface area contributed by atoms with Crippen molar-refractivity contribution in [1.29, 1.82) is 0 Å². The average Bonchev–Trinajstić information content (AvgIpc) is 2.80. The van der Waals surface area contributed by atoms with Crippen LogP contribution in [0.25, 0.3) is 0 Å². The summed E-state index contributed by atoms with van der Waals surface area (Å²) >= 11 is 0. The van der Waals surface area contributed by atoms with Gasteiger partial charge in [-0.2, -0.15) is 0 Å². The Balaban J connectivity index is 2.31. The van der Waals surface area contributed by atoms with Gasteiger partial charge in [0, 0.05) is 0 Å². The van der Waals surface area contributed by atoms with E-state index in [9.17, 15) is 9.90 Å². The molecule has 0 atom stereocenters. The standard InChI is InChI=1S/C26H23O2P/c27-26(28)21-29(22-13-5-1-6-14-22,23-15-7-2-8-16-23,24-17-9-3-10-18-24)25-19-11-4-12-20-25/h1-20H,21H2,(H,27,28). The van der Waals surface area contributed by atoms with Crippen LogP contribution in [0.15, 0.2) is 121 Å². The molecule has 0 saturated heterocycles. The number of rotatable bonds is 6. The Morgan fingerprint density at radius 1 is 0.517 bits per heavy atom. The number of hydrogen-bond acceptors (Lipinski definition) is 1. The predicted molar refractivity (Wildman–Crippen MR) is 124 cm³/mol. The zero-order chi connectivity index (χ0) is 20.2. The number of carboxylic acids is 1. The van der Waals surface area contributed by atoms with Gasteiger partial charge in [-0.05, 0) is 0 Å². The molecule has 0 bridgehead atoms. The first-order valence-electron chi connectivity index (χ1n) is 9.63. The molecule has 0 aliphatic heterocycles. The quantitative estimate of drug-likeness (QED) is 0.500. The second-order valence-corrected chi connectivity index (χ2v) is 12.2. The van der Waals surface area contributed by atoms with Crippen molar-refractivity contribution in [3.05, 3.63) is 121 Å². The third-order valence-electron chi connectivity index (χ3n) is 5.76. The van der Waals surface area contributed by atoms with Gasteiger partial charge in [0.05, 0.1) is 0 Å². The molecule has 0 aliphatic rings. The second-order valence-electron chi connectivity index (χ2n) is 7.20. The van der Waals surface area contributed by atoms with Crippen LogP contribution in [-0.2, 0) is 4.79 Å². The molecule has 0 fully saturated rings. The molecule has 1 N–H and O–H groups in total. The normalized spacial score (nSPS) is 12.6. The molecule has 4 aromatic rings. The van der Waals surface area contributed by atoms with Crippen molar-refractivity contribution in [2.24, 2.45) is 0 Å². The van der Waals surface area contributed by atoms with E-state index in [1.54, 1.807) is 0 Å².